The molecule has 1 aromatic heterocycles. The topological polar surface area (TPSA) is 59.4 Å². The highest BCUT2D eigenvalue weighted by Crippen LogP contribution is 2.42. The molecular weight excluding hydrogens is 292 g/mol. The predicted octanol–water partition coefficient (Wildman–Crippen LogP) is 3.38. The summed E-state index contributed by atoms with van der Waals surface area (Å²) < 4.78 is 7.17. The van der Waals surface area contributed by atoms with Gasteiger partial charge in [0.2, 0.25) is 0 Å². The number of carbonyl (C=O) groups excluding carboxylic acids is 1. The third-order valence-electron chi connectivity index (χ3n) is 3.62. The monoisotopic (exact) mass is 314 g/mol. The van der Waals surface area contributed by atoms with Crippen molar-refractivity contribution in [2.75, 3.05) is 17.3 Å². The van der Waals surface area contributed by atoms with Gasteiger partial charge in [0.25, 0.3) is 0 Å². The SMILES string of the molecule is CN1Cc2cn(C)nc2-c2cccc(NC(=O)OC(C)(C)C)c21. The number of para-hydroxylation sites is 1. The summed E-state index contributed by atoms with van der Waals surface area (Å²) in [4.78, 5) is 14.2. The van der Waals surface area contributed by atoms with Crippen LogP contribution in [0.25, 0.3) is 11.3 Å². The van der Waals surface area contributed by atoms with E-state index in [2.05, 4.69) is 15.3 Å². The first-order chi connectivity index (χ1) is 10.7. The van der Waals surface area contributed by atoms with Gasteiger partial charge in [-0.1, -0.05) is 12.1 Å². The van der Waals surface area contributed by atoms with Crippen LogP contribution in [0.1, 0.15) is 26.3 Å². The Kier molecular flexibility index (Phi) is 3.55. The zero-order chi connectivity index (χ0) is 16.8. The van der Waals surface area contributed by atoms with Crippen molar-refractivity contribution in [2.45, 2.75) is 32.9 Å². The second-order valence-electron chi connectivity index (χ2n) is 6.86. The molecule has 1 amide bonds. The molecule has 6 nitrogen and oxygen atoms in total. The highest BCUT2D eigenvalue weighted by atomic mass is 16.6. The molecule has 3 rings (SSSR count). The molecule has 0 atom stereocenters. The summed E-state index contributed by atoms with van der Waals surface area (Å²) in [5.41, 5.74) is 4.33. The van der Waals surface area contributed by atoms with Crippen LogP contribution >= 0.6 is 0 Å². The van der Waals surface area contributed by atoms with Crippen LogP contribution in [-0.2, 0) is 18.3 Å². The first-order valence-corrected chi connectivity index (χ1v) is 7.61. The van der Waals surface area contributed by atoms with Crippen molar-refractivity contribution >= 4 is 17.5 Å². The molecule has 0 bridgehead atoms. The second kappa shape index (κ2) is 5.30. The molecule has 6 heteroatoms. The van der Waals surface area contributed by atoms with Crippen LogP contribution in [0.2, 0.25) is 0 Å². The zero-order valence-corrected chi connectivity index (χ0v) is 14.2. The minimum absolute atomic E-state index is 0.453. The molecule has 23 heavy (non-hydrogen) atoms. The van der Waals surface area contributed by atoms with E-state index in [9.17, 15) is 4.79 Å². The molecule has 0 saturated heterocycles. The lowest BCUT2D eigenvalue weighted by molar-refractivity contribution is 0.0636. The number of nitrogens with one attached hydrogen (secondary N) is 1. The molecule has 0 saturated carbocycles. The van der Waals surface area contributed by atoms with E-state index in [1.54, 1.807) is 0 Å². The van der Waals surface area contributed by atoms with Gasteiger partial charge < -0.3 is 9.64 Å². The number of benzene rings is 1. The molecule has 0 fully saturated rings. The number of carbonyl (C=O) groups is 1. The molecule has 1 aromatic carbocycles. The van der Waals surface area contributed by atoms with Gasteiger partial charge >= 0.3 is 6.09 Å². The van der Waals surface area contributed by atoms with Crippen LogP contribution in [0.15, 0.2) is 24.4 Å². The fourth-order valence-electron chi connectivity index (χ4n) is 2.87. The van der Waals surface area contributed by atoms with Crippen LogP contribution in [0, 0.1) is 0 Å². The summed E-state index contributed by atoms with van der Waals surface area (Å²) in [6.07, 6.45) is 1.58. The molecular formula is C17H22N4O2. The smallest absolute Gasteiger partial charge is 0.412 e. The third kappa shape index (κ3) is 3.02. The predicted molar refractivity (Wildman–Crippen MR) is 90.6 cm³/mol. The van der Waals surface area contributed by atoms with Crippen molar-refractivity contribution < 1.29 is 9.53 Å². The van der Waals surface area contributed by atoms with E-state index in [0.29, 0.717) is 0 Å². The van der Waals surface area contributed by atoms with Gasteiger partial charge in [-0.15, -0.1) is 0 Å². The summed E-state index contributed by atoms with van der Waals surface area (Å²) in [5, 5.41) is 7.41. The Morgan fingerprint density at radius 1 is 1.30 bits per heavy atom. The molecule has 0 spiro atoms. The Labute approximate surface area is 136 Å². The fraction of sp³-hybridized carbons (Fsp3) is 0.412. The van der Waals surface area contributed by atoms with Crippen LogP contribution in [0.4, 0.5) is 16.2 Å². The minimum atomic E-state index is -0.529. The largest absolute Gasteiger partial charge is 0.444 e. The minimum Gasteiger partial charge on any atom is -0.444 e. The van der Waals surface area contributed by atoms with Crippen LogP contribution in [0.3, 0.4) is 0 Å². The Morgan fingerprint density at radius 2 is 2.04 bits per heavy atom. The van der Waals surface area contributed by atoms with Gasteiger partial charge in [0, 0.05) is 38.0 Å². The molecule has 0 aliphatic carbocycles. The Morgan fingerprint density at radius 3 is 2.74 bits per heavy atom. The van der Waals surface area contributed by atoms with E-state index in [4.69, 9.17) is 4.74 Å². The number of hydrogen-bond donors (Lipinski definition) is 1. The van der Waals surface area contributed by atoms with Crippen molar-refractivity contribution in [3.05, 3.63) is 30.0 Å². The van der Waals surface area contributed by atoms with E-state index < -0.39 is 11.7 Å². The van der Waals surface area contributed by atoms with Gasteiger partial charge in [-0.3, -0.25) is 10.00 Å². The standard InChI is InChI=1S/C17H22N4O2/c1-17(2,3)23-16(22)18-13-8-6-7-12-14-11(10-21(5)19-14)9-20(4)15(12)13/h6-8,10H,9H2,1-5H3,(H,18,22). The van der Waals surface area contributed by atoms with Crippen molar-refractivity contribution in [2.24, 2.45) is 7.05 Å². The Balaban J connectivity index is 1.98. The fourth-order valence-corrected chi connectivity index (χ4v) is 2.87. The summed E-state index contributed by atoms with van der Waals surface area (Å²) in [7, 11) is 3.93. The maximum Gasteiger partial charge on any atom is 0.412 e. The molecule has 1 N–H and O–H groups in total. The van der Waals surface area contributed by atoms with Crippen LogP contribution in [-0.4, -0.2) is 28.5 Å². The summed E-state index contributed by atoms with van der Waals surface area (Å²) in [6.45, 7) is 6.29. The lowest BCUT2D eigenvalue weighted by Crippen LogP contribution is -2.28. The number of aromatic nitrogens is 2. The number of anilines is 2. The average Bonchev–Trinajstić information content (AvgIpc) is 2.77. The first-order valence-electron chi connectivity index (χ1n) is 7.61. The molecule has 0 unspecified atom stereocenters. The summed E-state index contributed by atoms with van der Waals surface area (Å²) in [6, 6.07) is 5.83. The third-order valence-corrected chi connectivity index (χ3v) is 3.62. The van der Waals surface area contributed by atoms with Gasteiger partial charge in [-0.25, -0.2) is 4.79 Å². The van der Waals surface area contributed by atoms with E-state index in [0.717, 1.165) is 29.2 Å². The highest BCUT2D eigenvalue weighted by molar-refractivity contribution is 5.96. The molecule has 0 radical (unpaired) electrons. The summed E-state index contributed by atoms with van der Waals surface area (Å²) >= 11 is 0. The van der Waals surface area contributed by atoms with Crippen molar-refractivity contribution in [3.8, 4) is 11.3 Å². The van der Waals surface area contributed by atoms with E-state index in [1.807, 2.05) is 63.9 Å². The Bertz CT molecular complexity index is 758. The van der Waals surface area contributed by atoms with Gasteiger partial charge in [0.05, 0.1) is 17.1 Å². The number of nitrogens with zero attached hydrogens (tertiary/aromatic N) is 3. The van der Waals surface area contributed by atoms with E-state index in [-0.39, 0.29) is 0 Å². The van der Waals surface area contributed by atoms with Crippen molar-refractivity contribution in [1.29, 1.82) is 0 Å². The number of fused-ring (bicyclic) bond motifs is 3. The number of hydrogen-bond acceptors (Lipinski definition) is 4. The second-order valence-corrected chi connectivity index (χ2v) is 6.86. The van der Waals surface area contributed by atoms with Gasteiger partial charge in [-0.2, -0.15) is 5.10 Å². The molecule has 2 heterocycles. The number of aryl methyl sites for hydroxylation is 1. The zero-order valence-electron chi connectivity index (χ0n) is 14.2. The average molecular weight is 314 g/mol. The maximum atomic E-state index is 12.1. The van der Waals surface area contributed by atoms with E-state index >= 15 is 0 Å². The van der Waals surface area contributed by atoms with Gasteiger partial charge in [0.15, 0.2) is 0 Å². The molecule has 122 valence electrons. The van der Waals surface area contributed by atoms with Gasteiger partial charge in [0.1, 0.15) is 5.60 Å². The van der Waals surface area contributed by atoms with Crippen LogP contribution in [0.5, 0.6) is 0 Å². The number of rotatable bonds is 1. The van der Waals surface area contributed by atoms with Crippen molar-refractivity contribution in [3.63, 3.8) is 0 Å². The first kappa shape index (κ1) is 15.4. The lowest BCUT2D eigenvalue weighted by Gasteiger charge is -2.29. The summed E-state index contributed by atoms with van der Waals surface area (Å²) in [5.74, 6) is 0. The maximum absolute atomic E-state index is 12.1. The molecule has 1 aliphatic heterocycles. The van der Waals surface area contributed by atoms with Crippen LogP contribution < -0.4 is 10.2 Å². The Hall–Kier alpha value is -2.50. The lowest BCUT2D eigenvalue weighted by atomic mass is 9.99. The molecule has 2 aromatic rings. The van der Waals surface area contributed by atoms with E-state index in [1.165, 1.54) is 5.56 Å². The molecule has 1 aliphatic rings. The highest BCUT2D eigenvalue weighted by Gasteiger charge is 2.26. The normalized spacial score (nSPS) is 13.3. The number of ether oxygens (including phenoxy) is 1. The number of amides is 1. The van der Waals surface area contributed by atoms with Crippen molar-refractivity contribution in [1.82, 2.24) is 9.78 Å². The quantitative estimate of drug-likeness (QED) is 0.876. The van der Waals surface area contributed by atoms with Gasteiger partial charge in [-0.05, 0) is 26.8 Å².